The number of halogens is 1. The van der Waals surface area contributed by atoms with E-state index in [-0.39, 0.29) is 5.82 Å². The Morgan fingerprint density at radius 3 is 2.58 bits per heavy atom. The van der Waals surface area contributed by atoms with Gasteiger partial charge in [0.15, 0.2) is 0 Å². The lowest BCUT2D eigenvalue weighted by Crippen LogP contribution is -2.34. The van der Waals surface area contributed by atoms with E-state index in [4.69, 9.17) is 4.74 Å². The summed E-state index contributed by atoms with van der Waals surface area (Å²) < 4.78 is 18.5. The van der Waals surface area contributed by atoms with Gasteiger partial charge in [-0.3, -0.25) is 0 Å². The van der Waals surface area contributed by atoms with Gasteiger partial charge in [-0.05, 0) is 42.5 Å². The molecular formula is C16H26FNO. The Morgan fingerprint density at radius 1 is 1.26 bits per heavy atom. The first-order valence-electron chi connectivity index (χ1n) is 6.99. The molecule has 3 heteroatoms. The Hall–Kier alpha value is -0.930. The molecule has 0 heterocycles. The predicted octanol–water partition coefficient (Wildman–Crippen LogP) is 3.26. The Bertz CT molecular complexity index is 368. The van der Waals surface area contributed by atoms with Crippen molar-refractivity contribution in [2.45, 2.75) is 33.2 Å². The molecule has 0 saturated heterocycles. The Labute approximate surface area is 116 Å². The van der Waals surface area contributed by atoms with Crippen LogP contribution in [-0.2, 0) is 11.2 Å². The van der Waals surface area contributed by atoms with Crippen LogP contribution in [0, 0.1) is 17.7 Å². The second-order valence-corrected chi connectivity index (χ2v) is 5.59. The summed E-state index contributed by atoms with van der Waals surface area (Å²) in [6.07, 6.45) is 0.877. The zero-order valence-electron chi connectivity index (χ0n) is 12.4. The molecule has 1 aromatic rings. The Kier molecular flexibility index (Phi) is 7.03. The van der Waals surface area contributed by atoms with Crippen molar-refractivity contribution in [1.29, 1.82) is 0 Å². The molecule has 2 atom stereocenters. The summed E-state index contributed by atoms with van der Waals surface area (Å²) in [6, 6.07) is 7.35. The maximum atomic E-state index is 13.2. The van der Waals surface area contributed by atoms with E-state index < -0.39 is 0 Å². The molecule has 0 aliphatic heterocycles. The fourth-order valence-corrected chi connectivity index (χ4v) is 2.23. The number of methoxy groups -OCH3 is 1. The quantitative estimate of drug-likeness (QED) is 0.780. The van der Waals surface area contributed by atoms with Crippen LogP contribution >= 0.6 is 0 Å². The lowest BCUT2D eigenvalue weighted by molar-refractivity contribution is 0.127. The molecule has 0 bridgehead atoms. The first-order valence-corrected chi connectivity index (χ1v) is 6.99. The van der Waals surface area contributed by atoms with Gasteiger partial charge >= 0.3 is 0 Å². The largest absolute Gasteiger partial charge is 0.384 e. The van der Waals surface area contributed by atoms with Crippen LogP contribution in [-0.4, -0.2) is 26.3 Å². The average molecular weight is 267 g/mol. The van der Waals surface area contributed by atoms with Gasteiger partial charge in [-0.2, -0.15) is 0 Å². The summed E-state index contributed by atoms with van der Waals surface area (Å²) >= 11 is 0. The smallest absolute Gasteiger partial charge is 0.123 e. The van der Waals surface area contributed by atoms with Crippen molar-refractivity contribution in [1.82, 2.24) is 5.32 Å². The highest BCUT2D eigenvalue weighted by Gasteiger charge is 2.18. The SMILES string of the molecule is COCC(C)C(CNC(C)C)Cc1cccc(F)c1. The fraction of sp³-hybridized carbons (Fsp3) is 0.625. The van der Waals surface area contributed by atoms with Gasteiger partial charge in [-0.25, -0.2) is 4.39 Å². The highest BCUT2D eigenvalue weighted by molar-refractivity contribution is 5.17. The first kappa shape index (κ1) is 16.1. The molecule has 1 aromatic carbocycles. The van der Waals surface area contributed by atoms with Gasteiger partial charge < -0.3 is 10.1 Å². The Morgan fingerprint density at radius 2 is 2.00 bits per heavy atom. The van der Waals surface area contributed by atoms with Gasteiger partial charge in [0.25, 0.3) is 0 Å². The molecule has 0 radical (unpaired) electrons. The van der Waals surface area contributed by atoms with Crippen molar-refractivity contribution in [2.75, 3.05) is 20.3 Å². The van der Waals surface area contributed by atoms with E-state index in [1.54, 1.807) is 19.2 Å². The number of nitrogens with one attached hydrogen (secondary N) is 1. The van der Waals surface area contributed by atoms with Gasteiger partial charge in [0.05, 0.1) is 0 Å². The Balaban J connectivity index is 2.67. The van der Waals surface area contributed by atoms with Crippen LogP contribution in [0.3, 0.4) is 0 Å². The van der Waals surface area contributed by atoms with Crippen molar-refractivity contribution in [3.63, 3.8) is 0 Å². The molecular weight excluding hydrogens is 241 g/mol. The summed E-state index contributed by atoms with van der Waals surface area (Å²) in [6.45, 7) is 8.13. The molecule has 108 valence electrons. The minimum Gasteiger partial charge on any atom is -0.384 e. The van der Waals surface area contributed by atoms with E-state index in [1.165, 1.54) is 6.07 Å². The first-order chi connectivity index (χ1) is 9.02. The molecule has 0 spiro atoms. The van der Waals surface area contributed by atoms with Crippen LogP contribution in [0.15, 0.2) is 24.3 Å². The maximum absolute atomic E-state index is 13.2. The lowest BCUT2D eigenvalue weighted by Gasteiger charge is -2.25. The molecule has 0 saturated carbocycles. The van der Waals surface area contributed by atoms with Crippen LogP contribution in [0.25, 0.3) is 0 Å². The molecule has 2 nitrogen and oxygen atoms in total. The van der Waals surface area contributed by atoms with Crippen molar-refractivity contribution in [2.24, 2.45) is 11.8 Å². The van der Waals surface area contributed by atoms with E-state index >= 15 is 0 Å². The van der Waals surface area contributed by atoms with Gasteiger partial charge in [-0.15, -0.1) is 0 Å². The van der Waals surface area contributed by atoms with Crippen molar-refractivity contribution >= 4 is 0 Å². The molecule has 0 aromatic heterocycles. The number of rotatable bonds is 8. The minimum absolute atomic E-state index is 0.160. The second-order valence-electron chi connectivity index (χ2n) is 5.59. The second kappa shape index (κ2) is 8.28. The van der Waals surface area contributed by atoms with Crippen LogP contribution in [0.4, 0.5) is 4.39 Å². The van der Waals surface area contributed by atoms with Gasteiger partial charge in [0, 0.05) is 19.8 Å². The topological polar surface area (TPSA) is 21.3 Å². The van der Waals surface area contributed by atoms with E-state index in [9.17, 15) is 4.39 Å². The van der Waals surface area contributed by atoms with Crippen molar-refractivity contribution in [3.05, 3.63) is 35.6 Å². The summed E-state index contributed by atoms with van der Waals surface area (Å²) in [5.74, 6) is 0.733. The molecule has 0 amide bonds. The number of benzene rings is 1. The summed E-state index contributed by atoms with van der Waals surface area (Å²) in [5.41, 5.74) is 1.05. The average Bonchev–Trinajstić information content (AvgIpc) is 2.34. The minimum atomic E-state index is -0.160. The fourth-order valence-electron chi connectivity index (χ4n) is 2.23. The van der Waals surface area contributed by atoms with Crippen LogP contribution in [0.2, 0.25) is 0 Å². The maximum Gasteiger partial charge on any atom is 0.123 e. The van der Waals surface area contributed by atoms with Gasteiger partial charge in [-0.1, -0.05) is 32.9 Å². The highest BCUT2D eigenvalue weighted by Crippen LogP contribution is 2.18. The highest BCUT2D eigenvalue weighted by atomic mass is 19.1. The van der Waals surface area contributed by atoms with Crippen LogP contribution < -0.4 is 5.32 Å². The van der Waals surface area contributed by atoms with E-state index in [0.29, 0.717) is 17.9 Å². The third kappa shape index (κ3) is 6.17. The molecule has 2 unspecified atom stereocenters. The number of hydrogen-bond acceptors (Lipinski definition) is 2. The molecule has 0 fully saturated rings. The third-order valence-electron chi connectivity index (χ3n) is 3.41. The van der Waals surface area contributed by atoms with Crippen LogP contribution in [0.1, 0.15) is 26.3 Å². The summed E-state index contributed by atoms with van der Waals surface area (Å²) in [4.78, 5) is 0. The zero-order valence-corrected chi connectivity index (χ0v) is 12.4. The van der Waals surface area contributed by atoms with Gasteiger partial charge in [0.1, 0.15) is 5.82 Å². The zero-order chi connectivity index (χ0) is 14.3. The van der Waals surface area contributed by atoms with E-state index in [2.05, 4.69) is 26.1 Å². The normalized spacial score (nSPS) is 14.6. The van der Waals surface area contributed by atoms with Gasteiger partial charge in [0.2, 0.25) is 0 Å². The third-order valence-corrected chi connectivity index (χ3v) is 3.41. The monoisotopic (exact) mass is 267 g/mol. The van der Waals surface area contributed by atoms with Crippen molar-refractivity contribution < 1.29 is 9.13 Å². The summed E-state index contributed by atoms with van der Waals surface area (Å²) in [5, 5.41) is 3.47. The molecule has 19 heavy (non-hydrogen) atoms. The molecule has 1 N–H and O–H groups in total. The van der Waals surface area contributed by atoms with E-state index in [1.807, 2.05) is 6.07 Å². The standard InChI is InChI=1S/C16H26FNO/c1-12(2)18-10-15(13(3)11-19-4)8-14-6-5-7-16(17)9-14/h5-7,9,12-13,15,18H,8,10-11H2,1-4H3. The number of hydrogen-bond donors (Lipinski definition) is 1. The molecule has 0 aliphatic rings. The summed E-state index contributed by atoms with van der Waals surface area (Å²) in [7, 11) is 1.73. The van der Waals surface area contributed by atoms with Crippen LogP contribution in [0.5, 0.6) is 0 Å². The van der Waals surface area contributed by atoms with Crippen molar-refractivity contribution in [3.8, 4) is 0 Å². The van der Waals surface area contributed by atoms with E-state index in [0.717, 1.165) is 25.1 Å². The predicted molar refractivity (Wildman–Crippen MR) is 77.8 cm³/mol. The molecule has 1 rings (SSSR count). The lowest BCUT2D eigenvalue weighted by atomic mass is 9.88. The molecule has 0 aliphatic carbocycles. The number of ether oxygens (including phenoxy) is 1.